The van der Waals surface area contributed by atoms with E-state index in [1.807, 2.05) is 32.2 Å². The predicted molar refractivity (Wildman–Crippen MR) is 76.6 cm³/mol. The van der Waals surface area contributed by atoms with E-state index in [0.717, 1.165) is 23.6 Å². The molecule has 98 valence electrons. The van der Waals surface area contributed by atoms with E-state index in [1.54, 1.807) is 0 Å². The fourth-order valence-electron chi connectivity index (χ4n) is 2.76. The number of nitrogens with zero attached hydrogens (tertiary/aromatic N) is 1. The standard InChI is InChI=1S/C16H23NO/c1-12-8-13(2)16(18)15(9-12)11-17-10-14-6-4-3-5-7-14/h8-9,11,14,18H,3-7,10H2,1-2H3. The molecule has 2 nitrogen and oxygen atoms in total. The van der Waals surface area contributed by atoms with Crippen molar-refractivity contribution in [2.45, 2.75) is 46.0 Å². The van der Waals surface area contributed by atoms with Crippen LogP contribution in [0.1, 0.15) is 48.8 Å². The summed E-state index contributed by atoms with van der Waals surface area (Å²) in [6.45, 7) is 4.89. The zero-order valence-corrected chi connectivity index (χ0v) is 11.4. The fourth-order valence-corrected chi connectivity index (χ4v) is 2.76. The van der Waals surface area contributed by atoms with Gasteiger partial charge in [0.1, 0.15) is 5.75 Å². The molecule has 1 aliphatic carbocycles. The first-order valence-corrected chi connectivity index (χ1v) is 6.97. The van der Waals surface area contributed by atoms with Gasteiger partial charge in [0.25, 0.3) is 0 Å². The van der Waals surface area contributed by atoms with E-state index in [-0.39, 0.29) is 0 Å². The van der Waals surface area contributed by atoms with E-state index < -0.39 is 0 Å². The van der Waals surface area contributed by atoms with Crippen molar-refractivity contribution in [1.29, 1.82) is 0 Å². The van der Waals surface area contributed by atoms with E-state index >= 15 is 0 Å². The quantitative estimate of drug-likeness (QED) is 0.802. The lowest BCUT2D eigenvalue weighted by Crippen LogP contribution is -2.09. The molecule has 1 aromatic rings. The Morgan fingerprint density at radius 2 is 1.94 bits per heavy atom. The molecular formula is C16H23NO. The van der Waals surface area contributed by atoms with Gasteiger partial charge in [-0.2, -0.15) is 0 Å². The highest BCUT2D eigenvalue weighted by Gasteiger charge is 2.12. The van der Waals surface area contributed by atoms with Gasteiger partial charge >= 0.3 is 0 Å². The van der Waals surface area contributed by atoms with Crippen LogP contribution in [0.4, 0.5) is 0 Å². The monoisotopic (exact) mass is 245 g/mol. The summed E-state index contributed by atoms with van der Waals surface area (Å²) in [5.41, 5.74) is 2.95. The minimum absolute atomic E-state index is 0.369. The predicted octanol–water partition coefficient (Wildman–Crippen LogP) is 4.01. The number of aromatic hydroxyl groups is 1. The average molecular weight is 245 g/mol. The molecule has 2 heteroatoms. The number of phenols is 1. The second kappa shape index (κ2) is 6.03. The lowest BCUT2D eigenvalue weighted by Gasteiger charge is -2.19. The number of aryl methyl sites for hydroxylation is 2. The summed E-state index contributed by atoms with van der Waals surface area (Å²) in [6.07, 6.45) is 8.57. The Balaban J connectivity index is 2.00. The minimum Gasteiger partial charge on any atom is -0.507 e. The van der Waals surface area contributed by atoms with Gasteiger partial charge in [-0.05, 0) is 49.8 Å². The summed E-state index contributed by atoms with van der Waals surface area (Å²) in [5.74, 6) is 1.12. The van der Waals surface area contributed by atoms with Gasteiger partial charge in [0.2, 0.25) is 0 Å². The summed E-state index contributed by atoms with van der Waals surface area (Å²) >= 11 is 0. The molecule has 0 aliphatic heterocycles. The Hall–Kier alpha value is -1.31. The Bertz CT molecular complexity index is 431. The number of hydrogen-bond acceptors (Lipinski definition) is 2. The first-order chi connectivity index (χ1) is 8.66. The van der Waals surface area contributed by atoms with Crippen LogP contribution in [-0.2, 0) is 0 Å². The molecule has 1 aromatic carbocycles. The molecule has 1 fully saturated rings. The van der Waals surface area contributed by atoms with E-state index in [9.17, 15) is 5.11 Å². The van der Waals surface area contributed by atoms with Crippen molar-refractivity contribution in [3.05, 3.63) is 28.8 Å². The first kappa shape index (κ1) is 13.1. The number of hydrogen-bond donors (Lipinski definition) is 1. The summed E-state index contributed by atoms with van der Waals surface area (Å²) < 4.78 is 0. The highest BCUT2D eigenvalue weighted by Crippen LogP contribution is 2.24. The van der Waals surface area contributed by atoms with Crippen LogP contribution in [0.15, 0.2) is 17.1 Å². The van der Waals surface area contributed by atoms with Crippen molar-refractivity contribution in [2.75, 3.05) is 6.54 Å². The van der Waals surface area contributed by atoms with Crippen LogP contribution in [0.25, 0.3) is 0 Å². The van der Waals surface area contributed by atoms with E-state index in [1.165, 1.54) is 37.7 Å². The maximum atomic E-state index is 9.97. The molecular weight excluding hydrogens is 222 g/mol. The van der Waals surface area contributed by atoms with Crippen molar-refractivity contribution in [1.82, 2.24) is 0 Å². The largest absolute Gasteiger partial charge is 0.507 e. The molecule has 0 amide bonds. The Kier molecular flexibility index (Phi) is 4.40. The van der Waals surface area contributed by atoms with Crippen molar-refractivity contribution in [3.8, 4) is 5.75 Å². The molecule has 0 unspecified atom stereocenters. The van der Waals surface area contributed by atoms with Gasteiger partial charge in [0, 0.05) is 18.3 Å². The average Bonchev–Trinajstić information content (AvgIpc) is 2.36. The molecule has 0 atom stereocenters. The van der Waals surface area contributed by atoms with Crippen molar-refractivity contribution < 1.29 is 5.11 Å². The fraction of sp³-hybridized carbons (Fsp3) is 0.562. The van der Waals surface area contributed by atoms with Crippen molar-refractivity contribution >= 4 is 6.21 Å². The molecule has 1 aliphatic rings. The molecule has 0 spiro atoms. The Morgan fingerprint density at radius 1 is 1.22 bits per heavy atom. The van der Waals surface area contributed by atoms with E-state index in [2.05, 4.69) is 4.99 Å². The Labute approximate surface area is 110 Å². The van der Waals surface area contributed by atoms with Gasteiger partial charge < -0.3 is 5.11 Å². The third-order valence-corrected chi connectivity index (χ3v) is 3.79. The third-order valence-electron chi connectivity index (χ3n) is 3.79. The molecule has 2 rings (SSSR count). The molecule has 0 radical (unpaired) electrons. The second-order valence-electron chi connectivity index (χ2n) is 5.52. The third kappa shape index (κ3) is 3.34. The first-order valence-electron chi connectivity index (χ1n) is 6.97. The topological polar surface area (TPSA) is 32.6 Å². The van der Waals surface area contributed by atoms with Gasteiger partial charge in [-0.25, -0.2) is 0 Å². The number of benzene rings is 1. The van der Waals surface area contributed by atoms with Gasteiger partial charge in [0.15, 0.2) is 0 Å². The van der Waals surface area contributed by atoms with Crippen molar-refractivity contribution in [2.24, 2.45) is 10.9 Å². The highest BCUT2D eigenvalue weighted by atomic mass is 16.3. The van der Waals surface area contributed by atoms with Gasteiger partial charge in [-0.15, -0.1) is 0 Å². The summed E-state index contributed by atoms with van der Waals surface area (Å²) in [5, 5.41) is 9.97. The molecule has 0 aromatic heterocycles. The molecule has 0 bridgehead atoms. The molecule has 0 saturated heterocycles. The Morgan fingerprint density at radius 3 is 2.67 bits per heavy atom. The number of rotatable bonds is 3. The lowest BCUT2D eigenvalue weighted by molar-refractivity contribution is 0.367. The van der Waals surface area contributed by atoms with Gasteiger partial charge in [-0.1, -0.05) is 25.3 Å². The van der Waals surface area contributed by atoms with Crippen LogP contribution in [0.5, 0.6) is 5.75 Å². The van der Waals surface area contributed by atoms with Gasteiger partial charge in [-0.3, -0.25) is 4.99 Å². The van der Waals surface area contributed by atoms with Crippen molar-refractivity contribution in [3.63, 3.8) is 0 Å². The highest BCUT2D eigenvalue weighted by molar-refractivity contribution is 5.84. The van der Waals surface area contributed by atoms with E-state index in [0.29, 0.717) is 5.75 Å². The van der Waals surface area contributed by atoms with Crippen LogP contribution in [0, 0.1) is 19.8 Å². The molecule has 1 saturated carbocycles. The van der Waals surface area contributed by atoms with Gasteiger partial charge in [0.05, 0.1) is 0 Å². The summed E-state index contributed by atoms with van der Waals surface area (Å²) in [4.78, 5) is 4.52. The molecule has 0 heterocycles. The normalized spacial score (nSPS) is 17.4. The maximum Gasteiger partial charge on any atom is 0.127 e. The van der Waals surface area contributed by atoms with Crippen LogP contribution in [0.2, 0.25) is 0 Å². The van der Waals surface area contributed by atoms with Crippen LogP contribution in [-0.4, -0.2) is 17.9 Å². The zero-order valence-electron chi connectivity index (χ0n) is 11.4. The van der Waals surface area contributed by atoms with Crippen LogP contribution < -0.4 is 0 Å². The summed E-state index contributed by atoms with van der Waals surface area (Å²) in [6, 6.07) is 3.99. The molecule has 1 N–H and O–H groups in total. The SMILES string of the molecule is Cc1cc(C)c(O)c(C=NCC2CCCCC2)c1. The second-order valence-corrected chi connectivity index (χ2v) is 5.52. The number of phenolic OH excluding ortho intramolecular Hbond substituents is 1. The lowest BCUT2D eigenvalue weighted by atomic mass is 9.89. The maximum absolute atomic E-state index is 9.97. The van der Waals surface area contributed by atoms with Crippen LogP contribution >= 0.6 is 0 Å². The van der Waals surface area contributed by atoms with E-state index in [4.69, 9.17) is 0 Å². The van der Waals surface area contributed by atoms with Crippen LogP contribution in [0.3, 0.4) is 0 Å². The smallest absolute Gasteiger partial charge is 0.127 e. The molecule has 18 heavy (non-hydrogen) atoms. The zero-order chi connectivity index (χ0) is 13.0. The minimum atomic E-state index is 0.369. The number of aliphatic imine (C=N–C) groups is 1. The summed E-state index contributed by atoms with van der Waals surface area (Å²) in [7, 11) is 0.